The maximum atomic E-state index is 8.11. The van der Waals surface area contributed by atoms with Crippen LogP contribution >= 0.6 is 0 Å². The van der Waals surface area contributed by atoms with Gasteiger partial charge in [0.25, 0.3) is 0 Å². The number of hydrogen-bond acceptors (Lipinski definition) is 2. The molecule has 0 aromatic rings. The molecule has 3 nitrogen and oxygen atoms in total. The van der Waals surface area contributed by atoms with Crippen molar-refractivity contribution in [3.05, 3.63) is 24.5 Å². The van der Waals surface area contributed by atoms with Crippen molar-refractivity contribution in [2.45, 2.75) is 6.23 Å². The molecule has 1 aliphatic rings. The van der Waals surface area contributed by atoms with Crippen molar-refractivity contribution in [1.82, 2.24) is 5.53 Å². The van der Waals surface area contributed by atoms with E-state index in [1.807, 2.05) is 0 Å². The lowest BCUT2D eigenvalue weighted by Crippen LogP contribution is -2.02. The standard InChI is InChI=1S/C5H5N2O/c6-7-5-3-1-2-4-8-5/h1-5H. The van der Waals surface area contributed by atoms with Gasteiger partial charge in [-0.3, -0.25) is 0 Å². The lowest BCUT2D eigenvalue weighted by atomic mass is 10.4. The molecule has 0 saturated carbocycles. The first kappa shape index (κ1) is 5.03. The van der Waals surface area contributed by atoms with Gasteiger partial charge in [-0.05, 0) is 17.7 Å². The van der Waals surface area contributed by atoms with E-state index in [0.29, 0.717) is 0 Å². The van der Waals surface area contributed by atoms with E-state index < -0.39 is 6.23 Å². The van der Waals surface area contributed by atoms with Gasteiger partial charge in [0.1, 0.15) is 0 Å². The Labute approximate surface area is 47.2 Å². The van der Waals surface area contributed by atoms with Crippen LogP contribution in [-0.4, -0.2) is 6.23 Å². The van der Waals surface area contributed by atoms with Crippen LogP contribution in [0.1, 0.15) is 0 Å². The molecule has 0 amide bonds. The van der Waals surface area contributed by atoms with E-state index in [2.05, 4.69) is 5.11 Å². The Balaban J connectivity index is 2.51. The Bertz CT molecular complexity index is 139. The highest BCUT2D eigenvalue weighted by atomic mass is 16.5. The fraction of sp³-hybridized carbons (Fsp3) is 0.200. The first-order valence-corrected chi connectivity index (χ1v) is 2.26. The Morgan fingerprint density at radius 1 is 1.50 bits per heavy atom. The summed E-state index contributed by atoms with van der Waals surface area (Å²) in [5.41, 5.74) is 8.11. The van der Waals surface area contributed by atoms with Gasteiger partial charge in [0.2, 0.25) is 6.23 Å². The molecule has 1 unspecified atom stereocenters. The van der Waals surface area contributed by atoms with Gasteiger partial charge in [-0.1, -0.05) is 6.08 Å². The first-order valence-electron chi connectivity index (χ1n) is 2.26. The smallest absolute Gasteiger partial charge is 0.229 e. The highest BCUT2D eigenvalue weighted by Gasteiger charge is 1.99. The monoisotopic (exact) mass is 109 g/mol. The van der Waals surface area contributed by atoms with Crippen LogP contribution in [0, 0.1) is 0 Å². The summed E-state index contributed by atoms with van der Waals surface area (Å²) in [5, 5.41) is 2.89. The molecule has 8 heavy (non-hydrogen) atoms. The molecule has 0 aromatic carbocycles. The van der Waals surface area contributed by atoms with Crippen molar-refractivity contribution in [3.8, 4) is 0 Å². The third-order valence-corrected chi connectivity index (χ3v) is 0.797. The molecule has 1 heterocycles. The molecule has 1 aliphatic heterocycles. The number of hydrogen-bond donors (Lipinski definition) is 0. The third kappa shape index (κ3) is 0.932. The lowest BCUT2D eigenvalue weighted by Gasteiger charge is -2.05. The SMILES string of the molecule is [N]=NC1C=CC=CO1. The molecule has 0 spiro atoms. The molecule has 1 rings (SSSR count). The van der Waals surface area contributed by atoms with Gasteiger partial charge < -0.3 is 4.74 Å². The Morgan fingerprint density at radius 3 is 2.75 bits per heavy atom. The summed E-state index contributed by atoms with van der Waals surface area (Å²) in [7, 11) is 0. The van der Waals surface area contributed by atoms with Gasteiger partial charge in [-0.25, -0.2) is 0 Å². The number of rotatable bonds is 1. The lowest BCUT2D eigenvalue weighted by molar-refractivity contribution is 0.185. The Kier molecular flexibility index (Phi) is 1.42. The van der Waals surface area contributed by atoms with Crippen molar-refractivity contribution < 1.29 is 4.74 Å². The second kappa shape index (κ2) is 2.26. The average Bonchev–Trinajstić information content (AvgIpc) is 1.90. The summed E-state index contributed by atoms with van der Waals surface area (Å²) in [5.74, 6) is 0. The highest BCUT2D eigenvalue weighted by molar-refractivity contribution is 5.06. The van der Waals surface area contributed by atoms with Crippen molar-refractivity contribution in [2.75, 3.05) is 0 Å². The zero-order chi connectivity index (χ0) is 5.82. The second-order valence-corrected chi connectivity index (χ2v) is 1.36. The minimum absolute atomic E-state index is 0.500. The van der Waals surface area contributed by atoms with Crippen molar-refractivity contribution in [1.29, 1.82) is 0 Å². The molecule has 1 atom stereocenters. The zero-order valence-electron chi connectivity index (χ0n) is 4.19. The molecule has 41 valence electrons. The largest absolute Gasteiger partial charge is 0.471 e. The summed E-state index contributed by atoms with van der Waals surface area (Å²) in [6.45, 7) is 0. The zero-order valence-corrected chi connectivity index (χ0v) is 4.19. The predicted octanol–water partition coefficient (Wildman–Crippen LogP) is 0.665. The molecule has 0 aromatic heterocycles. The average molecular weight is 109 g/mol. The van der Waals surface area contributed by atoms with Gasteiger partial charge in [-0.15, -0.1) is 5.11 Å². The van der Waals surface area contributed by atoms with Crippen LogP contribution in [0.5, 0.6) is 0 Å². The molecule has 0 N–H and O–H groups in total. The van der Waals surface area contributed by atoms with Crippen molar-refractivity contribution in [2.24, 2.45) is 5.11 Å². The summed E-state index contributed by atoms with van der Waals surface area (Å²) in [6, 6.07) is 0. The molecule has 3 heteroatoms. The number of allylic oxidation sites excluding steroid dienone is 2. The van der Waals surface area contributed by atoms with E-state index in [0.717, 1.165) is 0 Å². The summed E-state index contributed by atoms with van der Waals surface area (Å²) >= 11 is 0. The minimum atomic E-state index is -0.500. The van der Waals surface area contributed by atoms with E-state index in [9.17, 15) is 0 Å². The highest BCUT2D eigenvalue weighted by Crippen LogP contribution is 2.00. The Morgan fingerprint density at radius 2 is 2.38 bits per heavy atom. The van der Waals surface area contributed by atoms with Gasteiger partial charge >= 0.3 is 0 Å². The van der Waals surface area contributed by atoms with Crippen molar-refractivity contribution >= 4 is 0 Å². The van der Waals surface area contributed by atoms with Gasteiger partial charge in [-0.2, -0.15) is 0 Å². The molecule has 0 bridgehead atoms. The first-order chi connectivity index (χ1) is 3.93. The van der Waals surface area contributed by atoms with E-state index in [4.69, 9.17) is 10.3 Å². The molecular formula is C5H5N2O. The fourth-order valence-electron chi connectivity index (χ4n) is 0.441. The van der Waals surface area contributed by atoms with Crippen LogP contribution in [0.25, 0.3) is 0 Å². The van der Waals surface area contributed by atoms with Crippen LogP contribution < -0.4 is 5.53 Å². The van der Waals surface area contributed by atoms with Crippen LogP contribution in [0.2, 0.25) is 0 Å². The van der Waals surface area contributed by atoms with Gasteiger partial charge in [0.05, 0.1) is 6.26 Å². The summed E-state index contributed by atoms with van der Waals surface area (Å²) in [6.07, 6.45) is 6.10. The fourth-order valence-corrected chi connectivity index (χ4v) is 0.441. The van der Waals surface area contributed by atoms with Gasteiger partial charge in [0.15, 0.2) is 0 Å². The normalized spacial score (nSPS) is 24.8. The van der Waals surface area contributed by atoms with Crippen LogP contribution in [0.4, 0.5) is 0 Å². The second-order valence-electron chi connectivity index (χ2n) is 1.36. The molecule has 1 radical (unpaired) electrons. The summed E-state index contributed by atoms with van der Waals surface area (Å²) < 4.78 is 4.74. The van der Waals surface area contributed by atoms with Crippen LogP contribution in [0.3, 0.4) is 0 Å². The van der Waals surface area contributed by atoms with E-state index in [-0.39, 0.29) is 0 Å². The van der Waals surface area contributed by atoms with Crippen LogP contribution in [0.15, 0.2) is 29.6 Å². The maximum absolute atomic E-state index is 8.11. The maximum Gasteiger partial charge on any atom is 0.229 e. The quantitative estimate of drug-likeness (QED) is 0.456. The molecule has 0 saturated heterocycles. The summed E-state index contributed by atoms with van der Waals surface area (Å²) in [4.78, 5) is 0. The number of ether oxygens (including phenoxy) is 1. The van der Waals surface area contributed by atoms with Crippen molar-refractivity contribution in [3.63, 3.8) is 0 Å². The minimum Gasteiger partial charge on any atom is -0.471 e. The van der Waals surface area contributed by atoms with E-state index >= 15 is 0 Å². The molecular weight excluding hydrogens is 104 g/mol. The topological polar surface area (TPSA) is 43.9 Å². The van der Waals surface area contributed by atoms with Gasteiger partial charge in [0, 0.05) is 0 Å². The number of nitrogens with zero attached hydrogens (tertiary/aromatic N) is 2. The van der Waals surface area contributed by atoms with Crippen LogP contribution in [-0.2, 0) is 4.74 Å². The van der Waals surface area contributed by atoms with E-state index in [1.54, 1.807) is 18.2 Å². The Hall–Kier alpha value is -1.12. The predicted molar refractivity (Wildman–Crippen MR) is 27.7 cm³/mol. The molecule has 0 aliphatic carbocycles. The van der Waals surface area contributed by atoms with E-state index in [1.165, 1.54) is 6.26 Å². The molecule has 0 fully saturated rings. The third-order valence-electron chi connectivity index (χ3n) is 0.797.